The fourth-order valence-electron chi connectivity index (χ4n) is 1.50. The number of aliphatic hydroxyl groups is 3. The number of amides is 2. The molecule has 2 amide bonds. The molecule has 1 saturated heterocycles. The highest BCUT2D eigenvalue weighted by Crippen LogP contribution is 2.19. The van der Waals surface area contributed by atoms with Crippen molar-refractivity contribution < 1.29 is 29.6 Å². The van der Waals surface area contributed by atoms with E-state index in [0.717, 1.165) is 0 Å². The highest BCUT2D eigenvalue weighted by Gasteiger charge is 2.46. The van der Waals surface area contributed by atoms with E-state index in [1.807, 2.05) is 0 Å². The Hall–Kier alpha value is -1.22. The van der Waals surface area contributed by atoms with E-state index in [2.05, 4.69) is 5.32 Å². The van der Waals surface area contributed by atoms with Gasteiger partial charge in [0, 0.05) is 6.92 Å². The van der Waals surface area contributed by atoms with Crippen LogP contribution < -0.4 is 11.1 Å². The maximum Gasteiger partial charge on any atom is 0.249 e. The van der Waals surface area contributed by atoms with E-state index in [1.54, 1.807) is 0 Å². The number of ether oxygens (including phenoxy) is 1. The molecule has 1 heterocycles. The Balaban J connectivity index is 2.79. The molecule has 1 rings (SSSR count). The minimum Gasteiger partial charge on any atom is -0.388 e. The summed E-state index contributed by atoms with van der Waals surface area (Å²) in [5.74, 6) is -1.52. The second kappa shape index (κ2) is 4.74. The zero-order chi connectivity index (χ0) is 12.5. The largest absolute Gasteiger partial charge is 0.388 e. The lowest BCUT2D eigenvalue weighted by Gasteiger charge is -2.39. The lowest BCUT2D eigenvalue weighted by Crippen LogP contribution is -2.65. The van der Waals surface area contributed by atoms with Gasteiger partial charge in [-0.25, -0.2) is 0 Å². The minimum absolute atomic E-state index is 0.517. The topological polar surface area (TPSA) is 142 Å². The van der Waals surface area contributed by atoms with Crippen molar-refractivity contribution >= 4 is 11.8 Å². The molecule has 0 aromatic rings. The van der Waals surface area contributed by atoms with Crippen molar-refractivity contribution in [1.82, 2.24) is 5.32 Å². The molecule has 0 aromatic heterocycles. The zero-order valence-corrected chi connectivity index (χ0v) is 8.53. The monoisotopic (exact) mass is 234 g/mol. The Labute approximate surface area is 91.0 Å². The first-order valence-electron chi connectivity index (χ1n) is 4.60. The van der Waals surface area contributed by atoms with Gasteiger partial charge in [-0.3, -0.25) is 9.59 Å². The van der Waals surface area contributed by atoms with Crippen LogP contribution in [0, 0.1) is 0 Å². The van der Waals surface area contributed by atoms with E-state index in [9.17, 15) is 24.9 Å². The molecule has 0 bridgehead atoms. The fraction of sp³-hybridized carbons (Fsp3) is 0.750. The summed E-state index contributed by atoms with van der Waals surface area (Å²) in [5.41, 5.74) is 4.90. The van der Waals surface area contributed by atoms with Crippen molar-refractivity contribution in [2.75, 3.05) is 0 Å². The number of carbonyl (C=O) groups excluding carboxylic acids is 2. The van der Waals surface area contributed by atoms with Crippen LogP contribution >= 0.6 is 0 Å². The molecule has 16 heavy (non-hydrogen) atoms. The van der Waals surface area contributed by atoms with Gasteiger partial charge in [-0.15, -0.1) is 0 Å². The number of hydrogen-bond acceptors (Lipinski definition) is 6. The maximum absolute atomic E-state index is 10.8. The summed E-state index contributed by atoms with van der Waals surface area (Å²) < 4.78 is 4.70. The van der Waals surface area contributed by atoms with E-state index in [0.29, 0.717) is 0 Å². The van der Waals surface area contributed by atoms with Crippen molar-refractivity contribution in [2.45, 2.75) is 37.6 Å². The van der Waals surface area contributed by atoms with Crippen LogP contribution in [0.5, 0.6) is 0 Å². The number of aliphatic hydroxyl groups excluding tert-OH is 3. The molecule has 0 aliphatic carbocycles. The molecule has 6 N–H and O–H groups in total. The van der Waals surface area contributed by atoms with Crippen LogP contribution in [0.2, 0.25) is 0 Å². The Morgan fingerprint density at radius 3 is 2.25 bits per heavy atom. The summed E-state index contributed by atoms with van der Waals surface area (Å²) in [7, 11) is 0. The van der Waals surface area contributed by atoms with E-state index in [1.165, 1.54) is 6.92 Å². The third-order valence-corrected chi connectivity index (χ3v) is 2.27. The first-order valence-corrected chi connectivity index (χ1v) is 4.60. The van der Waals surface area contributed by atoms with Gasteiger partial charge in [0.2, 0.25) is 11.8 Å². The molecular weight excluding hydrogens is 220 g/mol. The second-order valence-corrected chi connectivity index (χ2v) is 3.56. The Morgan fingerprint density at radius 1 is 1.25 bits per heavy atom. The van der Waals surface area contributed by atoms with Gasteiger partial charge in [0.15, 0.2) is 12.4 Å². The van der Waals surface area contributed by atoms with Crippen molar-refractivity contribution in [3.8, 4) is 0 Å². The highest BCUT2D eigenvalue weighted by molar-refractivity contribution is 5.80. The summed E-state index contributed by atoms with van der Waals surface area (Å²) in [6.45, 7) is 1.17. The van der Waals surface area contributed by atoms with Crippen molar-refractivity contribution in [3.05, 3.63) is 0 Å². The van der Waals surface area contributed by atoms with Crippen molar-refractivity contribution in [2.24, 2.45) is 5.73 Å². The maximum atomic E-state index is 10.8. The molecule has 1 unspecified atom stereocenters. The molecule has 0 spiro atoms. The summed E-state index contributed by atoms with van der Waals surface area (Å²) in [6, 6.07) is -1.21. The lowest BCUT2D eigenvalue weighted by atomic mass is 9.96. The summed E-state index contributed by atoms with van der Waals surface area (Å²) in [4.78, 5) is 21.6. The molecule has 5 atom stereocenters. The Bertz CT molecular complexity index is 296. The molecule has 1 aliphatic heterocycles. The van der Waals surface area contributed by atoms with E-state index in [4.69, 9.17) is 10.5 Å². The average Bonchev–Trinajstić information content (AvgIpc) is 2.17. The van der Waals surface area contributed by atoms with Gasteiger partial charge in [0.1, 0.15) is 18.2 Å². The molecule has 1 aliphatic rings. The number of hydrogen-bond donors (Lipinski definition) is 5. The molecule has 0 saturated carbocycles. The number of rotatable bonds is 2. The van der Waals surface area contributed by atoms with Gasteiger partial charge < -0.3 is 31.1 Å². The van der Waals surface area contributed by atoms with E-state index in [-0.39, 0.29) is 0 Å². The highest BCUT2D eigenvalue weighted by atomic mass is 16.6. The Morgan fingerprint density at radius 2 is 1.81 bits per heavy atom. The van der Waals surface area contributed by atoms with Crippen LogP contribution in [0.25, 0.3) is 0 Å². The minimum atomic E-state index is -1.61. The number of nitrogens with two attached hydrogens (primary N) is 1. The second-order valence-electron chi connectivity index (χ2n) is 3.56. The van der Waals surface area contributed by atoms with Crippen LogP contribution in [0.1, 0.15) is 6.92 Å². The summed E-state index contributed by atoms with van der Waals surface area (Å²) in [5, 5.41) is 30.6. The zero-order valence-electron chi connectivity index (χ0n) is 8.53. The normalized spacial score (nSPS) is 39.1. The molecule has 8 nitrogen and oxygen atoms in total. The number of nitrogens with one attached hydrogen (secondary N) is 1. The summed E-state index contributed by atoms with van der Waals surface area (Å²) >= 11 is 0. The molecule has 92 valence electrons. The fourth-order valence-corrected chi connectivity index (χ4v) is 1.50. The standard InChI is InChI=1S/C8H14N2O6/c1-2(11)10-3-4(12)5(13)6(7(9)14)16-8(3)15/h3-6,8,12-13,15H,1H3,(H2,9,14)(H,10,11)/t3-,4+,5-,6+,8?/m1/s1. The van der Waals surface area contributed by atoms with Gasteiger partial charge in [-0.1, -0.05) is 0 Å². The average molecular weight is 234 g/mol. The molecule has 8 heteroatoms. The predicted octanol–water partition coefficient (Wildman–Crippen LogP) is -3.58. The Kier molecular flexibility index (Phi) is 3.81. The molecular formula is C8H14N2O6. The summed E-state index contributed by atoms with van der Waals surface area (Å²) in [6.07, 6.45) is -6.25. The predicted molar refractivity (Wildman–Crippen MR) is 49.7 cm³/mol. The first-order chi connectivity index (χ1) is 7.34. The van der Waals surface area contributed by atoms with Crippen LogP contribution in [0.15, 0.2) is 0 Å². The molecule has 0 aromatic carbocycles. The first kappa shape index (κ1) is 12.8. The van der Waals surface area contributed by atoms with E-state index < -0.39 is 42.5 Å². The third-order valence-electron chi connectivity index (χ3n) is 2.27. The van der Waals surface area contributed by atoms with Gasteiger partial charge in [-0.2, -0.15) is 0 Å². The van der Waals surface area contributed by atoms with Crippen LogP contribution in [-0.4, -0.2) is 57.8 Å². The number of carbonyl (C=O) groups is 2. The van der Waals surface area contributed by atoms with Crippen LogP contribution in [0.4, 0.5) is 0 Å². The van der Waals surface area contributed by atoms with Gasteiger partial charge >= 0.3 is 0 Å². The lowest BCUT2D eigenvalue weighted by molar-refractivity contribution is -0.242. The van der Waals surface area contributed by atoms with Crippen molar-refractivity contribution in [3.63, 3.8) is 0 Å². The van der Waals surface area contributed by atoms with Gasteiger partial charge in [0.25, 0.3) is 0 Å². The third kappa shape index (κ3) is 2.47. The van der Waals surface area contributed by atoms with Crippen LogP contribution in [0.3, 0.4) is 0 Å². The van der Waals surface area contributed by atoms with Crippen LogP contribution in [-0.2, 0) is 14.3 Å². The quantitative estimate of drug-likeness (QED) is 0.334. The van der Waals surface area contributed by atoms with Crippen molar-refractivity contribution in [1.29, 1.82) is 0 Å². The molecule has 1 fully saturated rings. The molecule has 0 radical (unpaired) electrons. The van der Waals surface area contributed by atoms with E-state index >= 15 is 0 Å². The SMILES string of the molecule is CC(=O)N[C@H]1C(O)O[C@H](C(N)=O)[C@H](O)[C@H]1O. The number of primary amides is 1. The van der Waals surface area contributed by atoms with Gasteiger partial charge in [-0.05, 0) is 0 Å². The van der Waals surface area contributed by atoms with Gasteiger partial charge in [0.05, 0.1) is 0 Å². The smallest absolute Gasteiger partial charge is 0.249 e.